The zero-order chi connectivity index (χ0) is 14.9. The lowest BCUT2D eigenvalue weighted by Crippen LogP contribution is -2.15. The van der Waals surface area contributed by atoms with Gasteiger partial charge in [0.05, 0.1) is 6.61 Å². The summed E-state index contributed by atoms with van der Waals surface area (Å²) >= 11 is 0. The zero-order valence-corrected chi connectivity index (χ0v) is 12.5. The molecule has 3 nitrogen and oxygen atoms in total. The molecule has 2 aromatic rings. The van der Waals surface area contributed by atoms with Crippen molar-refractivity contribution in [3.8, 4) is 16.9 Å². The summed E-state index contributed by atoms with van der Waals surface area (Å²) in [7, 11) is 0. The number of nitrogens with one attached hydrogen (secondary N) is 1. The Kier molecular flexibility index (Phi) is 6.25. The number of hydrogen-bond acceptors (Lipinski definition) is 3. The fourth-order valence-corrected chi connectivity index (χ4v) is 2.18. The average molecular weight is 285 g/mol. The molecule has 3 heteroatoms. The van der Waals surface area contributed by atoms with Crippen molar-refractivity contribution in [2.75, 3.05) is 19.8 Å². The first-order chi connectivity index (χ1) is 10.3. The highest BCUT2D eigenvalue weighted by molar-refractivity contribution is 5.65. The monoisotopic (exact) mass is 285 g/mol. The molecule has 21 heavy (non-hydrogen) atoms. The van der Waals surface area contributed by atoms with Crippen LogP contribution in [0.5, 0.6) is 5.75 Å². The lowest BCUT2D eigenvalue weighted by atomic mass is 10.0. The maximum atomic E-state index is 8.74. The van der Waals surface area contributed by atoms with E-state index in [2.05, 4.69) is 41.7 Å². The number of benzene rings is 2. The molecule has 0 aliphatic heterocycles. The van der Waals surface area contributed by atoms with E-state index in [1.165, 1.54) is 16.7 Å². The van der Waals surface area contributed by atoms with Gasteiger partial charge in [-0.2, -0.15) is 0 Å². The van der Waals surface area contributed by atoms with Crippen molar-refractivity contribution in [1.82, 2.24) is 5.32 Å². The van der Waals surface area contributed by atoms with E-state index in [0.717, 1.165) is 25.3 Å². The molecular weight excluding hydrogens is 262 g/mol. The van der Waals surface area contributed by atoms with Crippen LogP contribution in [-0.4, -0.2) is 24.9 Å². The topological polar surface area (TPSA) is 41.5 Å². The third-order valence-corrected chi connectivity index (χ3v) is 3.27. The van der Waals surface area contributed by atoms with Gasteiger partial charge in [0.15, 0.2) is 0 Å². The second-order valence-electron chi connectivity index (χ2n) is 4.91. The average Bonchev–Trinajstić information content (AvgIpc) is 2.53. The van der Waals surface area contributed by atoms with E-state index in [4.69, 9.17) is 9.84 Å². The Bertz CT molecular complexity index is 537. The summed E-state index contributed by atoms with van der Waals surface area (Å²) in [6.07, 6.45) is 0.794. The van der Waals surface area contributed by atoms with Crippen molar-refractivity contribution in [2.45, 2.75) is 19.9 Å². The Labute approximate surface area is 126 Å². The summed E-state index contributed by atoms with van der Waals surface area (Å²) in [5.41, 5.74) is 3.61. The van der Waals surface area contributed by atoms with Crippen LogP contribution in [0.3, 0.4) is 0 Å². The predicted molar refractivity (Wildman–Crippen MR) is 86.5 cm³/mol. The quantitative estimate of drug-likeness (QED) is 0.732. The standard InChI is InChI=1S/C18H23NO2/c1-2-21-18-6-3-5-17(13-18)16-9-7-15(8-10-16)14-19-11-4-12-20/h3,5-10,13,19-20H,2,4,11-12,14H2,1H3. The molecule has 0 bridgehead atoms. The fourth-order valence-electron chi connectivity index (χ4n) is 2.18. The van der Waals surface area contributed by atoms with Gasteiger partial charge >= 0.3 is 0 Å². The van der Waals surface area contributed by atoms with E-state index in [0.29, 0.717) is 6.61 Å². The van der Waals surface area contributed by atoms with E-state index < -0.39 is 0 Å². The first-order valence-corrected chi connectivity index (χ1v) is 7.47. The van der Waals surface area contributed by atoms with Gasteiger partial charge in [-0.1, -0.05) is 36.4 Å². The van der Waals surface area contributed by atoms with Crippen molar-refractivity contribution in [3.05, 3.63) is 54.1 Å². The number of rotatable bonds is 8. The van der Waals surface area contributed by atoms with Crippen LogP contribution < -0.4 is 10.1 Å². The molecule has 0 aromatic heterocycles. The van der Waals surface area contributed by atoms with Crippen LogP contribution in [0, 0.1) is 0 Å². The molecule has 0 aliphatic carbocycles. The summed E-state index contributed by atoms with van der Waals surface area (Å²) in [6, 6.07) is 16.7. The number of ether oxygens (including phenoxy) is 1. The van der Waals surface area contributed by atoms with E-state index in [-0.39, 0.29) is 6.61 Å². The summed E-state index contributed by atoms with van der Waals surface area (Å²) in [5.74, 6) is 0.907. The van der Waals surface area contributed by atoms with Crippen LogP contribution in [0.15, 0.2) is 48.5 Å². The van der Waals surface area contributed by atoms with Gasteiger partial charge < -0.3 is 15.2 Å². The normalized spacial score (nSPS) is 10.6. The van der Waals surface area contributed by atoms with Gasteiger partial charge in [-0.15, -0.1) is 0 Å². The summed E-state index contributed by atoms with van der Waals surface area (Å²) in [6.45, 7) is 4.59. The molecule has 0 saturated carbocycles. The first kappa shape index (κ1) is 15.5. The third-order valence-electron chi connectivity index (χ3n) is 3.27. The molecule has 2 N–H and O–H groups in total. The summed E-state index contributed by atoms with van der Waals surface area (Å²) < 4.78 is 5.54. The molecule has 2 aromatic carbocycles. The lowest BCUT2D eigenvalue weighted by molar-refractivity contribution is 0.286. The number of aliphatic hydroxyl groups excluding tert-OH is 1. The van der Waals surface area contributed by atoms with Crippen molar-refractivity contribution in [2.24, 2.45) is 0 Å². The highest BCUT2D eigenvalue weighted by Gasteiger charge is 2.00. The summed E-state index contributed by atoms with van der Waals surface area (Å²) in [4.78, 5) is 0. The van der Waals surface area contributed by atoms with Crippen molar-refractivity contribution >= 4 is 0 Å². The van der Waals surface area contributed by atoms with Gasteiger partial charge in [-0.25, -0.2) is 0 Å². The SMILES string of the molecule is CCOc1cccc(-c2ccc(CNCCCO)cc2)c1. The molecule has 0 spiro atoms. The minimum Gasteiger partial charge on any atom is -0.494 e. The van der Waals surface area contributed by atoms with E-state index >= 15 is 0 Å². The van der Waals surface area contributed by atoms with Crippen molar-refractivity contribution < 1.29 is 9.84 Å². The molecule has 0 amide bonds. The molecule has 0 radical (unpaired) electrons. The lowest BCUT2D eigenvalue weighted by Gasteiger charge is -2.08. The second-order valence-corrected chi connectivity index (χ2v) is 4.91. The number of hydrogen-bond donors (Lipinski definition) is 2. The summed E-state index contributed by atoms with van der Waals surface area (Å²) in [5, 5.41) is 12.0. The molecule has 0 aliphatic rings. The Hall–Kier alpha value is -1.84. The van der Waals surface area contributed by atoms with Crippen molar-refractivity contribution in [3.63, 3.8) is 0 Å². The number of aliphatic hydroxyl groups is 1. The molecule has 0 heterocycles. The molecule has 0 atom stereocenters. The third kappa shape index (κ3) is 4.88. The largest absolute Gasteiger partial charge is 0.494 e. The van der Waals surface area contributed by atoms with Crippen molar-refractivity contribution in [1.29, 1.82) is 0 Å². The second kappa shape index (κ2) is 8.45. The molecule has 112 valence electrons. The molecule has 0 fully saturated rings. The Morgan fingerprint density at radius 2 is 1.86 bits per heavy atom. The maximum absolute atomic E-state index is 8.74. The van der Waals surface area contributed by atoms with E-state index in [1.807, 2.05) is 19.1 Å². The van der Waals surface area contributed by atoms with Crippen LogP contribution in [-0.2, 0) is 6.54 Å². The fraction of sp³-hybridized carbons (Fsp3) is 0.333. The van der Waals surface area contributed by atoms with Gasteiger partial charge in [0.25, 0.3) is 0 Å². The maximum Gasteiger partial charge on any atom is 0.119 e. The zero-order valence-electron chi connectivity index (χ0n) is 12.5. The van der Waals surface area contributed by atoms with Gasteiger partial charge in [-0.05, 0) is 48.7 Å². The first-order valence-electron chi connectivity index (χ1n) is 7.47. The predicted octanol–water partition coefficient (Wildman–Crippen LogP) is 3.22. The van der Waals surface area contributed by atoms with E-state index in [9.17, 15) is 0 Å². The molecular formula is C18H23NO2. The molecule has 0 unspecified atom stereocenters. The minimum atomic E-state index is 0.238. The van der Waals surface area contributed by atoms with Crippen LogP contribution >= 0.6 is 0 Å². The van der Waals surface area contributed by atoms with Gasteiger partial charge in [-0.3, -0.25) is 0 Å². The highest BCUT2D eigenvalue weighted by Crippen LogP contribution is 2.24. The van der Waals surface area contributed by atoms with Gasteiger partial charge in [0.2, 0.25) is 0 Å². The molecule has 2 rings (SSSR count). The Morgan fingerprint density at radius 3 is 2.57 bits per heavy atom. The van der Waals surface area contributed by atoms with Crippen LogP contribution in [0.1, 0.15) is 18.9 Å². The van der Waals surface area contributed by atoms with E-state index in [1.54, 1.807) is 0 Å². The Balaban J connectivity index is 1.99. The highest BCUT2D eigenvalue weighted by atomic mass is 16.5. The van der Waals surface area contributed by atoms with Gasteiger partial charge in [0, 0.05) is 13.2 Å². The molecule has 0 saturated heterocycles. The Morgan fingerprint density at radius 1 is 1.05 bits per heavy atom. The smallest absolute Gasteiger partial charge is 0.119 e. The van der Waals surface area contributed by atoms with Crippen LogP contribution in [0.4, 0.5) is 0 Å². The van der Waals surface area contributed by atoms with Crippen LogP contribution in [0.2, 0.25) is 0 Å². The van der Waals surface area contributed by atoms with Crippen LogP contribution in [0.25, 0.3) is 11.1 Å². The minimum absolute atomic E-state index is 0.238. The van der Waals surface area contributed by atoms with Gasteiger partial charge in [0.1, 0.15) is 5.75 Å².